The van der Waals surface area contributed by atoms with E-state index in [1.54, 1.807) is 4.68 Å². The maximum absolute atomic E-state index is 10.7. The minimum atomic E-state index is -0.595. The number of nitrogens with zero attached hydrogens (tertiary/aromatic N) is 3. The van der Waals surface area contributed by atoms with Crippen LogP contribution in [0.15, 0.2) is 60.7 Å². The zero-order valence-corrected chi connectivity index (χ0v) is 20.7. The van der Waals surface area contributed by atoms with Crippen molar-refractivity contribution in [2.75, 3.05) is 13.2 Å². The van der Waals surface area contributed by atoms with Gasteiger partial charge in [0.25, 0.3) is 0 Å². The van der Waals surface area contributed by atoms with Crippen LogP contribution in [0.25, 0.3) is 11.3 Å². The minimum Gasteiger partial charge on any atom is -0.439 e. The van der Waals surface area contributed by atoms with Crippen molar-refractivity contribution in [3.8, 4) is 22.9 Å². The number of para-hydroxylation sites is 1. The second kappa shape index (κ2) is 11.0. The van der Waals surface area contributed by atoms with Gasteiger partial charge in [0.2, 0.25) is 5.88 Å². The van der Waals surface area contributed by atoms with Gasteiger partial charge in [-0.3, -0.25) is 4.90 Å². The van der Waals surface area contributed by atoms with Crippen molar-refractivity contribution in [1.82, 2.24) is 14.7 Å². The SMILES string of the molecule is CC(C)N(Cc1c(-c2ccccc2)nn(C)c1Oc1ccccc1)C[C@H](O)COC(C)(C)C. The van der Waals surface area contributed by atoms with E-state index in [-0.39, 0.29) is 11.6 Å². The zero-order chi connectivity index (χ0) is 24.0. The highest BCUT2D eigenvalue weighted by atomic mass is 16.5. The smallest absolute Gasteiger partial charge is 0.222 e. The molecule has 0 fully saturated rings. The van der Waals surface area contributed by atoms with Crippen LogP contribution in [0, 0.1) is 0 Å². The van der Waals surface area contributed by atoms with E-state index >= 15 is 0 Å². The molecule has 0 aliphatic heterocycles. The van der Waals surface area contributed by atoms with Crippen molar-refractivity contribution in [3.05, 3.63) is 66.2 Å². The molecular weight excluding hydrogens is 414 g/mol. The molecule has 0 aliphatic carbocycles. The number of hydrogen-bond donors (Lipinski definition) is 1. The molecule has 0 saturated heterocycles. The summed E-state index contributed by atoms with van der Waals surface area (Å²) in [7, 11) is 1.90. The largest absolute Gasteiger partial charge is 0.439 e. The molecule has 1 atom stereocenters. The monoisotopic (exact) mass is 451 g/mol. The number of benzene rings is 2. The molecule has 0 spiro atoms. The van der Waals surface area contributed by atoms with E-state index in [0.29, 0.717) is 25.6 Å². The first kappa shape index (κ1) is 25.0. The molecule has 0 aliphatic rings. The fourth-order valence-corrected chi connectivity index (χ4v) is 3.58. The molecular formula is C27H37N3O3. The van der Waals surface area contributed by atoms with Crippen molar-refractivity contribution in [2.45, 2.75) is 58.9 Å². The van der Waals surface area contributed by atoms with Gasteiger partial charge in [-0.05, 0) is 46.8 Å². The number of aromatic nitrogens is 2. The summed E-state index contributed by atoms with van der Waals surface area (Å²) in [6.45, 7) is 11.6. The maximum atomic E-state index is 10.7. The fraction of sp³-hybridized carbons (Fsp3) is 0.444. The Morgan fingerprint density at radius 3 is 2.18 bits per heavy atom. The number of hydrogen-bond acceptors (Lipinski definition) is 5. The predicted molar refractivity (Wildman–Crippen MR) is 132 cm³/mol. The first-order valence-corrected chi connectivity index (χ1v) is 11.5. The van der Waals surface area contributed by atoms with E-state index in [1.807, 2.05) is 76.3 Å². The van der Waals surface area contributed by atoms with Crippen molar-refractivity contribution < 1.29 is 14.6 Å². The average molecular weight is 452 g/mol. The van der Waals surface area contributed by atoms with Crippen molar-refractivity contribution in [1.29, 1.82) is 0 Å². The van der Waals surface area contributed by atoms with Crippen molar-refractivity contribution >= 4 is 0 Å². The molecule has 1 aromatic heterocycles. The molecule has 0 saturated carbocycles. The van der Waals surface area contributed by atoms with Crippen LogP contribution in [0.5, 0.6) is 11.6 Å². The molecule has 0 radical (unpaired) electrons. The van der Waals surface area contributed by atoms with E-state index in [2.05, 4.69) is 30.9 Å². The third-order valence-electron chi connectivity index (χ3n) is 5.34. The van der Waals surface area contributed by atoms with E-state index in [0.717, 1.165) is 22.6 Å². The summed E-state index contributed by atoms with van der Waals surface area (Å²) in [5, 5.41) is 15.5. The Hall–Kier alpha value is -2.67. The first-order chi connectivity index (χ1) is 15.6. The summed E-state index contributed by atoms with van der Waals surface area (Å²) >= 11 is 0. The second-order valence-electron chi connectivity index (χ2n) is 9.64. The van der Waals surface area contributed by atoms with E-state index in [9.17, 15) is 5.11 Å². The van der Waals surface area contributed by atoms with Crippen LogP contribution in [-0.4, -0.2) is 50.7 Å². The standard InChI is InChI=1S/C27H37N3O3/c1-20(2)30(17-22(31)19-32-27(3,4)5)18-24-25(21-13-9-7-10-14-21)28-29(6)26(24)33-23-15-11-8-12-16-23/h7-16,20,22,31H,17-19H2,1-6H3/t22-/m0/s1. The van der Waals surface area contributed by atoms with Gasteiger partial charge in [0.05, 0.1) is 23.9 Å². The molecule has 0 bridgehead atoms. The van der Waals surface area contributed by atoms with Gasteiger partial charge in [-0.1, -0.05) is 48.5 Å². The summed E-state index contributed by atoms with van der Waals surface area (Å²) in [5.74, 6) is 1.46. The second-order valence-corrected chi connectivity index (χ2v) is 9.64. The predicted octanol–water partition coefficient (Wildman–Crippen LogP) is 5.27. The lowest BCUT2D eigenvalue weighted by Gasteiger charge is -2.30. The third-order valence-corrected chi connectivity index (χ3v) is 5.34. The fourth-order valence-electron chi connectivity index (χ4n) is 3.58. The number of aliphatic hydroxyl groups is 1. The third kappa shape index (κ3) is 7.16. The zero-order valence-electron chi connectivity index (χ0n) is 20.7. The van der Waals surface area contributed by atoms with Gasteiger partial charge in [-0.25, -0.2) is 4.68 Å². The molecule has 33 heavy (non-hydrogen) atoms. The lowest BCUT2D eigenvalue weighted by Crippen LogP contribution is -2.40. The van der Waals surface area contributed by atoms with Gasteiger partial charge in [0, 0.05) is 31.7 Å². The maximum Gasteiger partial charge on any atom is 0.222 e. The summed E-state index contributed by atoms with van der Waals surface area (Å²) in [5.41, 5.74) is 2.62. The van der Waals surface area contributed by atoms with Crippen molar-refractivity contribution in [2.24, 2.45) is 7.05 Å². The van der Waals surface area contributed by atoms with Gasteiger partial charge in [0.1, 0.15) is 11.4 Å². The highest BCUT2D eigenvalue weighted by Gasteiger charge is 2.25. The molecule has 0 amide bonds. The lowest BCUT2D eigenvalue weighted by molar-refractivity contribution is -0.0587. The number of aliphatic hydroxyl groups excluding tert-OH is 1. The van der Waals surface area contributed by atoms with Gasteiger partial charge >= 0.3 is 0 Å². The number of rotatable bonds is 10. The lowest BCUT2D eigenvalue weighted by atomic mass is 10.1. The molecule has 0 unspecified atom stereocenters. The minimum absolute atomic E-state index is 0.211. The van der Waals surface area contributed by atoms with Crippen LogP contribution >= 0.6 is 0 Å². The summed E-state index contributed by atoms with van der Waals surface area (Å²) in [4.78, 5) is 2.23. The number of ether oxygens (including phenoxy) is 2. The number of aryl methyl sites for hydroxylation is 1. The first-order valence-electron chi connectivity index (χ1n) is 11.5. The Morgan fingerprint density at radius 2 is 1.61 bits per heavy atom. The van der Waals surface area contributed by atoms with E-state index in [1.165, 1.54) is 0 Å². The molecule has 6 heteroatoms. The summed E-state index contributed by atoms with van der Waals surface area (Å²) in [6.07, 6.45) is -0.595. The molecule has 1 N–H and O–H groups in total. The summed E-state index contributed by atoms with van der Waals surface area (Å²) < 4.78 is 13.9. The molecule has 3 aromatic rings. The Morgan fingerprint density at radius 1 is 1.00 bits per heavy atom. The molecule has 6 nitrogen and oxygen atoms in total. The van der Waals surface area contributed by atoms with Gasteiger partial charge in [-0.2, -0.15) is 5.10 Å². The van der Waals surface area contributed by atoms with E-state index < -0.39 is 6.10 Å². The Kier molecular flexibility index (Phi) is 8.30. The highest BCUT2D eigenvalue weighted by molar-refractivity contribution is 5.65. The average Bonchev–Trinajstić information content (AvgIpc) is 3.08. The van der Waals surface area contributed by atoms with E-state index in [4.69, 9.17) is 14.6 Å². The quantitative estimate of drug-likeness (QED) is 0.455. The van der Waals surface area contributed by atoms with Gasteiger partial charge in [-0.15, -0.1) is 0 Å². The van der Waals surface area contributed by atoms with Gasteiger partial charge in [0.15, 0.2) is 0 Å². The molecule has 2 aromatic carbocycles. The Bertz CT molecular complexity index is 995. The Labute approximate surface area is 197 Å². The summed E-state index contributed by atoms with van der Waals surface area (Å²) in [6, 6.07) is 20.1. The van der Waals surface area contributed by atoms with Crippen LogP contribution in [0.2, 0.25) is 0 Å². The van der Waals surface area contributed by atoms with Crippen molar-refractivity contribution in [3.63, 3.8) is 0 Å². The van der Waals surface area contributed by atoms with Crippen LogP contribution in [-0.2, 0) is 18.3 Å². The van der Waals surface area contributed by atoms with Crippen LogP contribution in [0.4, 0.5) is 0 Å². The Balaban J connectivity index is 1.92. The topological polar surface area (TPSA) is 59.8 Å². The van der Waals surface area contributed by atoms with Gasteiger partial charge < -0.3 is 14.6 Å². The normalized spacial score (nSPS) is 13.0. The molecule has 178 valence electrons. The van der Waals surface area contributed by atoms with Crippen LogP contribution in [0.1, 0.15) is 40.2 Å². The highest BCUT2D eigenvalue weighted by Crippen LogP contribution is 2.34. The molecule has 1 heterocycles. The van der Waals surface area contributed by atoms with Crippen LogP contribution in [0.3, 0.4) is 0 Å². The molecule has 3 rings (SSSR count). The van der Waals surface area contributed by atoms with Crippen LogP contribution < -0.4 is 4.74 Å².